The van der Waals surface area contributed by atoms with Crippen LogP contribution >= 0.6 is 0 Å². The second-order valence-corrected chi connectivity index (χ2v) is 9.46. The topological polar surface area (TPSA) is 48.4 Å². The number of carbonyl (C=O) groups excluding carboxylic acids is 1. The number of anilines is 1. The standard InChI is InChI=1S/C29H31FN4O2/c1-20-6-4-5-7-24(20)26-19-27(22-10-13-28(36-3)25(30)18-22)34(31-26)23-11-8-21(9-12-23)29(35)33-16-14-32(2)15-17-33/h4-13,18,27H,14-17,19H2,1-3H3. The van der Waals surface area contributed by atoms with Crippen molar-refractivity contribution in [2.45, 2.75) is 19.4 Å². The Bertz CT molecular complexity index is 1280. The van der Waals surface area contributed by atoms with Crippen molar-refractivity contribution < 1.29 is 13.9 Å². The molecule has 3 aromatic carbocycles. The smallest absolute Gasteiger partial charge is 0.253 e. The van der Waals surface area contributed by atoms with Gasteiger partial charge in [-0.1, -0.05) is 30.3 Å². The quantitative estimate of drug-likeness (QED) is 0.516. The number of ether oxygens (including phenoxy) is 1. The van der Waals surface area contributed by atoms with E-state index < -0.39 is 5.82 Å². The summed E-state index contributed by atoms with van der Waals surface area (Å²) in [6.45, 7) is 5.31. The lowest BCUT2D eigenvalue weighted by atomic mass is 9.96. The van der Waals surface area contributed by atoms with Crippen LogP contribution in [0.3, 0.4) is 0 Å². The van der Waals surface area contributed by atoms with E-state index in [0.717, 1.165) is 54.3 Å². The van der Waals surface area contributed by atoms with Crippen LogP contribution in [0.5, 0.6) is 5.75 Å². The fraction of sp³-hybridized carbons (Fsp3) is 0.310. The summed E-state index contributed by atoms with van der Waals surface area (Å²) in [4.78, 5) is 17.1. The second kappa shape index (κ2) is 10.1. The van der Waals surface area contributed by atoms with E-state index in [9.17, 15) is 9.18 Å². The monoisotopic (exact) mass is 486 g/mol. The van der Waals surface area contributed by atoms with Gasteiger partial charge in [0.05, 0.1) is 24.6 Å². The molecule has 3 aromatic rings. The van der Waals surface area contributed by atoms with Crippen molar-refractivity contribution in [3.8, 4) is 5.75 Å². The first kappa shape index (κ1) is 24.0. The van der Waals surface area contributed by atoms with E-state index in [2.05, 4.69) is 31.0 Å². The van der Waals surface area contributed by atoms with Crippen molar-refractivity contribution in [3.05, 3.63) is 94.8 Å². The lowest BCUT2D eigenvalue weighted by Gasteiger charge is -2.32. The summed E-state index contributed by atoms with van der Waals surface area (Å²) in [5, 5.41) is 6.93. The first-order valence-corrected chi connectivity index (χ1v) is 12.3. The van der Waals surface area contributed by atoms with Crippen molar-refractivity contribution in [2.75, 3.05) is 45.3 Å². The maximum Gasteiger partial charge on any atom is 0.253 e. The number of amides is 1. The molecule has 2 aliphatic rings. The van der Waals surface area contributed by atoms with Gasteiger partial charge >= 0.3 is 0 Å². The van der Waals surface area contributed by atoms with Gasteiger partial charge in [0, 0.05) is 43.7 Å². The van der Waals surface area contributed by atoms with Gasteiger partial charge in [-0.05, 0) is 61.5 Å². The van der Waals surface area contributed by atoms with Gasteiger partial charge in [-0.2, -0.15) is 5.10 Å². The molecule has 36 heavy (non-hydrogen) atoms. The summed E-state index contributed by atoms with van der Waals surface area (Å²) in [6, 6.07) is 20.6. The molecular weight excluding hydrogens is 455 g/mol. The Hall–Kier alpha value is -3.71. The van der Waals surface area contributed by atoms with Crippen molar-refractivity contribution in [1.82, 2.24) is 9.80 Å². The van der Waals surface area contributed by atoms with E-state index >= 15 is 0 Å². The Morgan fingerprint density at radius 1 is 1.00 bits per heavy atom. The number of hydrazone groups is 1. The first-order chi connectivity index (χ1) is 17.4. The number of rotatable bonds is 5. The van der Waals surface area contributed by atoms with Gasteiger partial charge in [-0.15, -0.1) is 0 Å². The summed E-state index contributed by atoms with van der Waals surface area (Å²) in [6.07, 6.45) is 0.637. The molecule has 1 amide bonds. The van der Waals surface area contributed by atoms with E-state index in [1.165, 1.54) is 13.2 Å². The summed E-state index contributed by atoms with van der Waals surface area (Å²) >= 11 is 0. The van der Waals surface area contributed by atoms with Gasteiger partial charge < -0.3 is 14.5 Å². The van der Waals surface area contributed by atoms with Crippen LogP contribution in [-0.4, -0.2) is 61.8 Å². The molecule has 1 atom stereocenters. The molecule has 1 fully saturated rings. The summed E-state index contributed by atoms with van der Waals surface area (Å²) < 4.78 is 19.8. The second-order valence-electron chi connectivity index (χ2n) is 9.46. The summed E-state index contributed by atoms with van der Waals surface area (Å²) in [5.74, 6) is -0.128. The van der Waals surface area contributed by atoms with Crippen molar-refractivity contribution in [1.29, 1.82) is 0 Å². The molecule has 0 N–H and O–H groups in total. The molecule has 6 nitrogen and oxygen atoms in total. The number of aryl methyl sites for hydroxylation is 1. The molecule has 2 heterocycles. The van der Waals surface area contributed by atoms with Gasteiger partial charge in [0.1, 0.15) is 0 Å². The highest BCUT2D eigenvalue weighted by Gasteiger charge is 2.31. The van der Waals surface area contributed by atoms with Crippen LogP contribution in [0.25, 0.3) is 0 Å². The van der Waals surface area contributed by atoms with E-state index in [1.807, 2.05) is 52.4 Å². The minimum absolute atomic E-state index is 0.0500. The molecule has 5 rings (SSSR count). The molecule has 0 bridgehead atoms. The highest BCUT2D eigenvalue weighted by molar-refractivity contribution is 6.04. The molecular formula is C29H31FN4O2. The Labute approximate surface area is 211 Å². The maximum absolute atomic E-state index is 14.6. The zero-order valence-electron chi connectivity index (χ0n) is 20.9. The third kappa shape index (κ3) is 4.71. The average Bonchev–Trinajstić information content (AvgIpc) is 3.34. The fourth-order valence-corrected chi connectivity index (χ4v) is 4.91. The van der Waals surface area contributed by atoms with E-state index in [4.69, 9.17) is 9.84 Å². The van der Waals surface area contributed by atoms with Gasteiger partial charge in [-0.25, -0.2) is 4.39 Å². The zero-order valence-corrected chi connectivity index (χ0v) is 20.9. The SMILES string of the molecule is COc1ccc(C2CC(c3ccccc3C)=NN2c2ccc(C(=O)N3CCN(C)CC3)cc2)cc1F. The molecule has 0 spiro atoms. The number of piperazine rings is 1. The summed E-state index contributed by atoms with van der Waals surface area (Å²) in [5.41, 5.74) is 5.52. The molecule has 0 aliphatic carbocycles. The molecule has 0 radical (unpaired) electrons. The predicted molar refractivity (Wildman–Crippen MR) is 140 cm³/mol. The normalized spacial score (nSPS) is 18.3. The van der Waals surface area contributed by atoms with E-state index in [-0.39, 0.29) is 17.7 Å². The van der Waals surface area contributed by atoms with Crippen LogP contribution in [0.1, 0.15) is 39.5 Å². The lowest BCUT2D eigenvalue weighted by Crippen LogP contribution is -2.47. The minimum Gasteiger partial charge on any atom is -0.494 e. The van der Waals surface area contributed by atoms with Gasteiger partial charge in [0.2, 0.25) is 0 Å². The number of halogens is 1. The summed E-state index contributed by atoms with van der Waals surface area (Å²) in [7, 11) is 3.54. The Kier molecular flexibility index (Phi) is 6.74. The van der Waals surface area contributed by atoms with E-state index in [1.54, 1.807) is 6.07 Å². The third-order valence-corrected chi connectivity index (χ3v) is 7.10. The Morgan fingerprint density at radius 3 is 2.39 bits per heavy atom. The first-order valence-electron chi connectivity index (χ1n) is 12.3. The molecule has 2 aliphatic heterocycles. The molecule has 186 valence electrons. The van der Waals surface area contributed by atoms with Gasteiger partial charge in [0.15, 0.2) is 11.6 Å². The van der Waals surface area contributed by atoms with Crippen LogP contribution < -0.4 is 9.75 Å². The van der Waals surface area contributed by atoms with Crippen LogP contribution in [0, 0.1) is 12.7 Å². The number of carbonyl (C=O) groups is 1. The molecule has 1 unspecified atom stereocenters. The number of hydrogen-bond donors (Lipinski definition) is 0. The van der Waals surface area contributed by atoms with Crippen molar-refractivity contribution >= 4 is 17.3 Å². The Balaban J connectivity index is 1.46. The number of hydrogen-bond acceptors (Lipinski definition) is 5. The number of nitrogens with zero attached hydrogens (tertiary/aromatic N) is 4. The molecule has 0 aromatic heterocycles. The maximum atomic E-state index is 14.6. The molecule has 7 heteroatoms. The highest BCUT2D eigenvalue weighted by atomic mass is 19.1. The highest BCUT2D eigenvalue weighted by Crippen LogP contribution is 2.38. The fourth-order valence-electron chi connectivity index (χ4n) is 4.91. The van der Waals surface area contributed by atoms with Crippen LogP contribution in [-0.2, 0) is 0 Å². The predicted octanol–water partition coefficient (Wildman–Crippen LogP) is 4.89. The van der Waals surface area contributed by atoms with Crippen molar-refractivity contribution in [3.63, 3.8) is 0 Å². The molecule has 1 saturated heterocycles. The lowest BCUT2D eigenvalue weighted by molar-refractivity contribution is 0.0664. The largest absolute Gasteiger partial charge is 0.494 e. The van der Waals surface area contributed by atoms with Gasteiger partial charge in [-0.3, -0.25) is 9.80 Å². The Morgan fingerprint density at radius 2 is 1.72 bits per heavy atom. The van der Waals surface area contributed by atoms with E-state index in [0.29, 0.717) is 12.0 Å². The number of benzene rings is 3. The van der Waals surface area contributed by atoms with Crippen molar-refractivity contribution in [2.24, 2.45) is 5.10 Å². The van der Waals surface area contributed by atoms with Crippen LogP contribution in [0.4, 0.5) is 10.1 Å². The zero-order chi connectivity index (χ0) is 25.2. The minimum atomic E-state index is -0.396. The number of methoxy groups -OCH3 is 1. The van der Waals surface area contributed by atoms with Crippen LogP contribution in [0.2, 0.25) is 0 Å². The number of likely N-dealkylation sites (N-methyl/N-ethyl adjacent to an activating group) is 1. The van der Waals surface area contributed by atoms with Crippen LogP contribution in [0.15, 0.2) is 71.8 Å². The average molecular weight is 487 g/mol. The third-order valence-electron chi connectivity index (χ3n) is 7.10. The molecule has 0 saturated carbocycles. The van der Waals surface area contributed by atoms with Gasteiger partial charge in [0.25, 0.3) is 5.91 Å².